The first kappa shape index (κ1) is 56.4. The van der Waals surface area contributed by atoms with Crippen molar-refractivity contribution in [2.75, 3.05) is 13.2 Å². The molecule has 0 radical (unpaired) electrons. The molecule has 58 heavy (non-hydrogen) atoms. The molecule has 0 bridgehead atoms. The minimum Gasteiger partial charge on any atom is -0.462 e. The van der Waals surface area contributed by atoms with E-state index in [1.54, 1.807) is 0 Å². The van der Waals surface area contributed by atoms with Crippen LogP contribution in [0.4, 0.5) is 0 Å². The van der Waals surface area contributed by atoms with Gasteiger partial charge in [0.15, 0.2) is 6.10 Å². The zero-order valence-corrected chi connectivity index (χ0v) is 39.5. The quantitative estimate of drug-likeness (QED) is 0.0346. The summed E-state index contributed by atoms with van der Waals surface area (Å²) in [6.45, 7) is 9.02. The van der Waals surface area contributed by atoms with Gasteiger partial charge in [0, 0.05) is 19.3 Å². The van der Waals surface area contributed by atoms with Gasteiger partial charge in [-0.15, -0.1) is 0 Å². The van der Waals surface area contributed by atoms with Gasteiger partial charge < -0.3 is 14.2 Å². The largest absolute Gasteiger partial charge is 0.462 e. The van der Waals surface area contributed by atoms with Crippen LogP contribution in [0.3, 0.4) is 0 Å². The molecule has 0 aromatic heterocycles. The zero-order valence-electron chi connectivity index (χ0n) is 39.5. The van der Waals surface area contributed by atoms with Crippen LogP contribution >= 0.6 is 0 Å². The molecule has 0 aliphatic heterocycles. The van der Waals surface area contributed by atoms with E-state index in [-0.39, 0.29) is 31.1 Å². The van der Waals surface area contributed by atoms with Crippen molar-refractivity contribution in [3.8, 4) is 0 Å². The number of carbonyl (C=O) groups is 3. The molecule has 6 heteroatoms. The van der Waals surface area contributed by atoms with E-state index in [1.807, 2.05) is 0 Å². The molecule has 0 aromatic carbocycles. The summed E-state index contributed by atoms with van der Waals surface area (Å²) >= 11 is 0. The van der Waals surface area contributed by atoms with Gasteiger partial charge in [-0.1, -0.05) is 252 Å². The predicted octanol–water partition coefficient (Wildman–Crippen LogP) is 16.7. The summed E-state index contributed by atoms with van der Waals surface area (Å²) in [7, 11) is 0. The second-order valence-corrected chi connectivity index (χ2v) is 18.3. The minimum atomic E-state index is -0.760. The number of hydrogen-bond donors (Lipinski definition) is 0. The molecular formula is C52H100O6. The van der Waals surface area contributed by atoms with Gasteiger partial charge >= 0.3 is 17.9 Å². The molecule has 344 valence electrons. The molecule has 0 unspecified atom stereocenters. The maximum atomic E-state index is 12.8. The molecule has 0 heterocycles. The first-order valence-electron chi connectivity index (χ1n) is 25.9. The summed E-state index contributed by atoms with van der Waals surface area (Å²) in [4.78, 5) is 37.9. The van der Waals surface area contributed by atoms with Gasteiger partial charge in [-0.25, -0.2) is 0 Å². The van der Waals surface area contributed by atoms with Crippen molar-refractivity contribution in [3.63, 3.8) is 0 Å². The van der Waals surface area contributed by atoms with Gasteiger partial charge in [0.1, 0.15) is 13.2 Å². The van der Waals surface area contributed by atoms with Crippen molar-refractivity contribution in [1.82, 2.24) is 0 Å². The lowest BCUT2D eigenvalue weighted by molar-refractivity contribution is -0.167. The SMILES string of the molecule is CCCCCCCCCCCCCCCCC(=O)O[C@@H](COC(=O)CCCCCCCCCCCCCC)COC(=O)CCCCCCCCCCCCCC(C)C. The molecule has 0 fully saturated rings. The summed E-state index contributed by atoms with van der Waals surface area (Å²) in [5.41, 5.74) is 0. The topological polar surface area (TPSA) is 78.9 Å². The molecule has 0 spiro atoms. The number of carbonyl (C=O) groups excluding carboxylic acids is 3. The predicted molar refractivity (Wildman–Crippen MR) is 247 cm³/mol. The molecule has 0 N–H and O–H groups in total. The zero-order chi connectivity index (χ0) is 42.4. The van der Waals surface area contributed by atoms with Crippen LogP contribution in [0.5, 0.6) is 0 Å². The van der Waals surface area contributed by atoms with Crippen molar-refractivity contribution in [3.05, 3.63) is 0 Å². The number of unbranched alkanes of at least 4 members (excludes halogenated alkanes) is 34. The van der Waals surface area contributed by atoms with Crippen molar-refractivity contribution in [2.24, 2.45) is 5.92 Å². The second-order valence-electron chi connectivity index (χ2n) is 18.3. The lowest BCUT2D eigenvalue weighted by atomic mass is 10.0. The van der Waals surface area contributed by atoms with Crippen LogP contribution in [0.1, 0.15) is 291 Å². The summed E-state index contributed by atoms with van der Waals surface area (Å²) in [5.74, 6) is -0.0172. The van der Waals surface area contributed by atoms with Crippen LogP contribution in [0.15, 0.2) is 0 Å². The molecule has 0 saturated carbocycles. The van der Waals surface area contributed by atoms with E-state index in [0.717, 1.165) is 63.7 Å². The number of rotatable bonds is 47. The number of ether oxygens (including phenoxy) is 3. The van der Waals surface area contributed by atoms with Crippen LogP contribution in [0, 0.1) is 5.92 Å². The second kappa shape index (κ2) is 46.5. The average molecular weight is 821 g/mol. The Bertz CT molecular complexity index is 872. The van der Waals surface area contributed by atoms with E-state index in [1.165, 1.54) is 186 Å². The van der Waals surface area contributed by atoms with Crippen LogP contribution in [0.25, 0.3) is 0 Å². The van der Waals surface area contributed by atoms with E-state index in [4.69, 9.17) is 14.2 Å². The fraction of sp³-hybridized carbons (Fsp3) is 0.942. The summed E-state index contributed by atoms with van der Waals surface area (Å²) in [6.07, 6.45) is 47.9. The molecule has 1 atom stereocenters. The Hall–Kier alpha value is -1.59. The Labute approximate surface area is 361 Å². The molecule has 0 aliphatic rings. The van der Waals surface area contributed by atoms with Crippen molar-refractivity contribution >= 4 is 17.9 Å². The van der Waals surface area contributed by atoms with E-state index in [2.05, 4.69) is 27.7 Å². The van der Waals surface area contributed by atoms with E-state index < -0.39 is 6.10 Å². The Morgan fingerprint density at radius 2 is 0.569 bits per heavy atom. The Morgan fingerprint density at radius 1 is 0.328 bits per heavy atom. The molecule has 0 amide bonds. The van der Waals surface area contributed by atoms with Gasteiger partial charge in [-0.2, -0.15) is 0 Å². The lowest BCUT2D eigenvalue weighted by Crippen LogP contribution is -2.30. The summed E-state index contributed by atoms with van der Waals surface area (Å²) < 4.78 is 16.8. The molecule has 0 rings (SSSR count). The van der Waals surface area contributed by atoms with E-state index >= 15 is 0 Å². The van der Waals surface area contributed by atoms with Crippen molar-refractivity contribution in [1.29, 1.82) is 0 Å². The number of hydrogen-bond acceptors (Lipinski definition) is 6. The molecule has 0 saturated heterocycles. The molecule has 6 nitrogen and oxygen atoms in total. The monoisotopic (exact) mass is 821 g/mol. The van der Waals surface area contributed by atoms with Gasteiger partial charge in [0.25, 0.3) is 0 Å². The van der Waals surface area contributed by atoms with Crippen molar-refractivity contribution in [2.45, 2.75) is 297 Å². The minimum absolute atomic E-state index is 0.0627. The van der Waals surface area contributed by atoms with Gasteiger partial charge in [-0.3, -0.25) is 14.4 Å². The van der Waals surface area contributed by atoms with Crippen LogP contribution in [-0.4, -0.2) is 37.2 Å². The van der Waals surface area contributed by atoms with Crippen LogP contribution in [0.2, 0.25) is 0 Å². The van der Waals surface area contributed by atoms with Gasteiger partial charge in [0.05, 0.1) is 0 Å². The first-order chi connectivity index (χ1) is 28.4. The third-order valence-corrected chi connectivity index (χ3v) is 11.8. The molecule has 0 aliphatic carbocycles. The van der Waals surface area contributed by atoms with Gasteiger partial charge in [-0.05, 0) is 25.2 Å². The van der Waals surface area contributed by atoms with E-state index in [0.29, 0.717) is 19.3 Å². The Kier molecular flexibility index (Phi) is 45.2. The van der Waals surface area contributed by atoms with Crippen LogP contribution < -0.4 is 0 Å². The van der Waals surface area contributed by atoms with Crippen molar-refractivity contribution < 1.29 is 28.6 Å². The highest BCUT2D eigenvalue weighted by Gasteiger charge is 2.19. The fourth-order valence-corrected chi connectivity index (χ4v) is 7.86. The maximum absolute atomic E-state index is 12.8. The molecule has 0 aromatic rings. The number of esters is 3. The maximum Gasteiger partial charge on any atom is 0.306 e. The third-order valence-electron chi connectivity index (χ3n) is 11.8. The standard InChI is InChI=1S/C52H100O6/c1-5-7-9-11-13-15-17-19-20-24-29-33-37-41-45-52(55)58-49(46-56-50(53)43-39-35-31-27-23-18-16-14-12-10-8-6-2)47-57-51(54)44-40-36-32-28-25-21-22-26-30-34-38-42-48(3)4/h48-49H,5-47H2,1-4H3/t49-/m0/s1. The van der Waals surface area contributed by atoms with Gasteiger partial charge in [0.2, 0.25) is 0 Å². The first-order valence-corrected chi connectivity index (χ1v) is 25.9. The smallest absolute Gasteiger partial charge is 0.306 e. The average Bonchev–Trinajstić information content (AvgIpc) is 3.21. The molecular weight excluding hydrogens is 721 g/mol. The highest BCUT2D eigenvalue weighted by molar-refractivity contribution is 5.71. The summed E-state index contributed by atoms with van der Waals surface area (Å²) in [5, 5.41) is 0. The van der Waals surface area contributed by atoms with Crippen LogP contribution in [-0.2, 0) is 28.6 Å². The normalized spacial score (nSPS) is 11.9. The Balaban J connectivity index is 4.31. The lowest BCUT2D eigenvalue weighted by Gasteiger charge is -2.18. The summed E-state index contributed by atoms with van der Waals surface area (Å²) in [6, 6.07) is 0. The fourth-order valence-electron chi connectivity index (χ4n) is 7.86. The third kappa shape index (κ3) is 45.5. The highest BCUT2D eigenvalue weighted by atomic mass is 16.6. The highest BCUT2D eigenvalue weighted by Crippen LogP contribution is 2.17. The van der Waals surface area contributed by atoms with E-state index in [9.17, 15) is 14.4 Å². The Morgan fingerprint density at radius 3 is 0.845 bits per heavy atom.